The maximum Gasteiger partial charge on any atom is 0.183 e. The molecular formula is C16H24ClNO. The van der Waals surface area contributed by atoms with Crippen molar-refractivity contribution in [2.24, 2.45) is 0 Å². The molecule has 0 radical (unpaired) electrons. The van der Waals surface area contributed by atoms with Crippen LogP contribution in [0, 0.1) is 0 Å². The Hall–Kier alpha value is -0.860. The number of Topliss-reactive ketones (excluding diaryl/α,β-unsaturated/α-hetero) is 1. The van der Waals surface area contributed by atoms with Crippen LogP contribution in [0.15, 0.2) is 24.3 Å². The van der Waals surface area contributed by atoms with E-state index in [9.17, 15) is 4.79 Å². The number of ketones is 1. The normalized spacial score (nSPS) is 11.9. The first-order valence-electron chi connectivity index (χ1n) is 7.11. The number of rotatable bonds is 7. The molecule has 0 saturated carbocycles. The van der Waals surface area contributed by atoms with Gasteiger partial charge in [0.25, 0.3) is 0 Å². The van der Waals surface area contributed by atoms with Crippen LogP contribution in [0.4, 0.5) is 0 Å². The molecule has 19 heavy (non-hydrogen) atoms. The van der Waals surface area contributed by atoms with Crippen molar-refractivity contribution in [1.29, 1.82) is 0 Å². The average molecular weight is 282 g/mol. The molecule has 0 heterocycles. The maximum absolute atomic E-state index is 12.9. The standard InChI is InChI=1S/C16H24ClNO/c1-5-16(6-2,18(7-3)8-4)15(19)13-10-9-11-14(17)12-13/h9-12H,5-8H2,1-4H3. The molecule has 0 aliphatic carbocycles. The summed E-state index contributed by atoms with van der Waals surface area (Å²) in [4.78, 5) is 15.2. The third-order valence-electron chi connectivity index (χ3n) is 4.05. The lowest BCUT2D eigenvalue weighted by atomic mass is 9.82. The summed E-state index contributed by atoms with van der Waals surface area (Å²) >= 11 is 6.01. The van der Waals surface area contributed by atoms with Crippen molar-refractivity contribution < 1.29 is 4.79 Å². The van der Waals surface area contributed by atoms with E-state index in [2.05, 4.69) is 32.6 Å². The van der Waals surface area contributed by atoms with Gasteiger partial charge in [0.05, 0.1) is 5.54 Å². The smallest absolute Gasteiger partial charge is 0.183 e. The Morgan fingerprint density at radius 3 is 2.16 bits per heavy atom. The van der Waals surface area contributed by atoms with Crippen LogP contribution in [0.5, 0.6) is 0 Å². The lowest BCUT2D eigenvalue weighted by molar-refractivity contribution is 0.0535. The zero-order valence-corrected chi connectivity index (χ0v) is 13.1. The number of carbonyl (C=O) groups excluding carboxylic acids is 1. The van der Waals surface area contributed by atoms with E-state index in [1.165, 1.54) is 0 Å². The minimum Gasteiger partial charge on any atom is -0.292 e. The highest BCUT2D eigenvalue weighted by Crippen LogP contribution is 2.29. The minimum atomic E-state index is -0.409. The van der Waals surface area contributed by atoms with Gasteiger partial charge in [-0.2, -0.15) is 0 Å². The van der Waals surface area contributed by atoms with E-state index in [0.717, 1.165) is 25.9 Å². The zero-order chi connectivity index (χ0) is 14.5. The molecule has 0 aliphatic rings. The Morgan fingerprint density at radius 1 is 1.16 bits per heavy atom. The van der Waals surface area contributed by atoms with E-state index in [0.29, 0.717) is 10.6 Å². The highest BCUT2D eigenvalue weighted by Gasteiger charge is 2.39. The second kappa shape index (κ2) is 7.06. The largest absolute Gasteiger partial charge is 0.292 e. The molecule has 0 fully saturated rings. The molecule has 0 atom stereocenters. The summed E-state index contributed by atoms with van der Waals surface area (Å²) in [5.41, 5.74) is 0.303. The minimum absolute atomic E-state index is 0.184. The Kier molecular flexibility index (Phi) is 6.02. The van der Waals surface area contributed by atoms with Crippen molar-refractivity contribution >= 4 is 17.4 Å². The van der Waals surface area contributed by atoms with Gasteiger partial charge in [0, 0.05) is 10.6 Å². The Bertz CT molecular complexity index is 423. The summed E-state index contributed by atoms with van der Waals surface area (Å²) < 4.78 is 0. The van der Waals surface area contributed by atoms with Gasteiger partial charge in [0.1, 0.15) is 0 Å². The molecule has 0 unspecified atom stereocenters. The third kappa shape index (κ3) is 3.18. The summed E-state index contributed by atoms with van der Waals surface area (Å²) in [6, 6.07) is 7.27. The van der Waals surface area contributed by atoms with Crippen molar-refractivity contribution in [2.45, 2.75) is 46.1 Å². The van der Waals surface area contributed by atoms with E-state index in [4.69, 9.17) is 11.6 Å². The first kappa shape index (κ1) is 16.2. The molecule has 0 aromatic heterocycles. The van der Waals surface area contributed by atoms with Gasteiger partial charge in [-0.25, -0.2) is 0 Å². The second-order valence-corrected chi connectivity index (χ2v) is 5.19. The van der Waals surface area contributed by atoms with Crippen LogP contribution in [0.1, 0.15) is 50.9 Å². The van der Waals surface area contributed by atoms with E-state index >= 15 is 0 Å². The van der Waals surface area contributed by atoms with Gasteiger partial charge in [-0.15, -0.1) is 0 Å². The number of hydrogen-bond donors (Lipinski definition) is 0. The molecule has 0 spiro atoms. The van der Waals surface area contributed by atoms with Gasteiger partial charge in [0.15, 0.2) is 5.78 Å². The molecule has 1 aromatic rings. The molecule has 0 saturated heterocycles. The molecule has 106 valence electrons. The zero-order valence-electron chi connectivity index (χ0n) is 12.4. The maximum atomic E-state index is 12.9. The van der Waals surface area contributed by atoms with Crippen LogP contribution in [0.2, 0.25) is 5.02 Å². The SMILES string of the molecule is CCN(CC)C(CC)(CC)C(=O)c1cccc(Cl)c1. The van der Waals surface area contributed by atoms with Crippen molar-refractivity contribution in [3.8, 4) is 0 Å². The van der Waals surface area contributed by atoms with Gasteiger partial charge >= 0.3 is 0 Å². The van der Waals surface area contributed by atoms with E-state index in [-0.39, 0.29) is 5.78 Å². The summed E-state index contributed by atoms with van der Waals surface area (Å²) in [5, 5.41) is 0.617. The van der Waals surface area contributed by atoms with Crippen LogP contribution in [0.3, 0.4) is 0 Å². The molecule has 1 rings (SSSR count). The van der Waals surface area contributed by atoms with Crippen molar-refractivity contribution in [2.75, 3.05) is 13.1 Å². The third-order valence-corrected chi connectivity index (χ3v) is 4.28. The topological polar surface area (TPSA) is 20.3 Å². The summed E-state index contributed by atoms with van der Waals surface area (Å²) in [5.74, 6) is 0.184. The van der Waals surface area contributed by atoms with Gasteiger partial charge in [-0.1, -0.05) is 51.4 Å². The average Bonchev–Trinajstić information content (AvgIpc) is 2.44. The van der Waals surface area contributed by atoms with Crippen LogP contribution in [-0.2, 0) is 0 Å². The Balaban J connectivity index is 3.22. The molecule has 3 heteroatoms. The van der Waals surface area contributed by atoms with E-state index < -0.39 is 5.54 Å². The first-order valence-corrected chi connectivity index (χ1v) is 7.48. The van der Waals surface area contributed by atoms with Gasteiger partial charge in [-0.3, -0.25) is 9.69 Å². The molecule has 0 bridgehead atoms. The van der Waals surface area contributed by atoms with Crippen LogP contribution >= 0.6 is 11.6 Å². The summed E-state index contributed by atoms with van der Waals surface area (Å²) in [6.07, 6.45) is 1.63. The number of hydrogen-bond acceptors (Lipinski definition) is 2. The van der Waals surface area contributed by atoms with Gasteiger partial charge in [0.2, 0.25) is 0 Å². The monoisotopic (exact) mass is 281 g/mol. The highest BCUT2D eigenvalue weighted by atomic mass is 35.5. The lowest BCUT2D eigenvalue weighted by Crippen LogP contribution is -2.53. The fourth-order valence-electron chi connectivity index (χ4n) is 2.89. The fraction of sp³-hybridized carbons (Fsp3) is 0.562. The fourth-order valence-corrected chi connectivity index (χ4v) is 3.08. The van der Waals surface area contributed by atoms with E-state index in [1.54, 1.807) is 12.1 Å². The summed E-state index contributed by atoms with van der Waals surface area (Å²) in [6.45, 7) is 10.1. The number of likely N-dealkylation sites (N-methyl/N-ethyl adjacent to an activating group) is 1. The van der Waals surface area contributed by atoms with Crippen molar-refractivity contribution in [3.63, 3.8) is 0 Å². The Labute approximate surface area is 121 Å². The van der Waals surface area contributed by atoms with E-state index in [1.807, 2.05) is 12.1 Å². The van der Waals surface area contributed by atoms with Crippen molar-refractivity contribution in [1.82, 2.24) is 4.90 Å². The van der Waals surface area contributed by atoms with Crippen LogP contribution in [-0.4, -0.2) is 29.3 Å². The lowest BCUT2D eigenvalue weighted by Gasteiger charge is -2.41. The van der Waals surface area contributed by atoms with Crippen LogP contribution < -0.4 is 0 Å². The molecule has 1 aromatic carbocycles. The quantitative estimate of drug-likeness (QED) is 0.690. The Morgan fingerprint density at radius 2 is 1.74 bits per heavy atom. The first-order chi connectivity index (χ1) is 9.05. The van der Waals surface area contributed by atoms with Gasteiger partial charge < -0.3 is 0 Å². The van der Waals surface area contributed by atoms with Gasteiger partial charge in [-0.05, 0) is 38.1 Å². The molecule has 2 nitrogen and oxygen atoms in total. The highest BCUT2D eigenvalue weighted by molar-refractivity contribution is 6.31. The molecular weight excluding hydrogens is 258 g/mol. The van der Waals surface area contributed by atoms with Crippen molar-refractivity contribution in [3.05, 3.63) is 34.9 Å². The second-order valence-electron chi connectivity index (χ2n) is 4.75. The molecule has 0 aliphatic heterocycles. The predicted octanol–water partition coefficient (Wildman–Crippen LogP) is 4.42. The number of halogens is 1. The predicted molar refractivity (Wildman–Crippen MR) is 82.0 cm³/mol. The summed E-state index contributed by atoms with van der Waals surface area (Å²) in [7, 11) is 0. The number of carbonyl (C=O) groups is 1. The number of benzene rings is 1. The molecule has 0 amide bonds. The molecule has 0 N–H and O–H groups in total. The number of nitrogens with zero attached hydrogens (tertiary/aromatic N) is 1. The van der Waals surface area contributed by atoms with Crippen LogP contribution in [0.25, 0.3) is 0 Å².